The van der Waals surface area contributed by atoms with E-state index < -0.39 is 0 Å². The van der Waals surface area contributed by atoms with Crippen LogP contribution in [0.3, 0.4) is 0 Å². The monoisotopic (exact) mass is 281 g/mol. The van der Waals surface area contributed by atoms with E-state index in [1.807, 2.05) is 0 Å². The minimum atomic E-state index is -0.166. The lowest BCUT2D eigenvalue weighted by atomic mass is 10.0. The molecule has 0 aromatic heterocycles. The van der Waals surface area contributed by atoms with Crippen molar-refractivity contribution in [1.29, 1.82) is 0 Å². The van der Waals surface area contributed by atoms with E-state index in [-0.39, 0.29) is 17.3 Å². The highest BCUT2D eigenvalue weighted by molar-refractivity contribution is 7.99. The van der Waals surface area contributed by atoms with Crippen LogP contribution in [0.15, 0.2) is 24.3 Å². The van der Waals surface area contributed by atoms with Crippen LogP contribution in [-0.4, -0.2) is 24.9 Å². The van der Waals surface area contributed by atoms with Gasteiger partial charge < -0.3 is 10.5 Å². The van der Waals surface area contributed by atoms with Crippen molar-refractivity contribution in [2.45, 2.75) is 38.0 Å². The molecule has 0 heterocycles. The van der Waals surface area contributed by atoms with Gasteiger partial charge in [0.25, 0.3) is 0 Å². The maximum Gasteiger partial charge on any atom is 0.306 e. The summed E-state index contributed by atoms with van der Waals surface area (Å²) in [5, 5.41) is 0.232. The van der Waals surface area contributed by atoms with Gasteiger partial charge in [-0.3, -0.25) is 4.79 Å². The Morgan fingerprint density at radius 1 is 1.37 bits per heavy atom. The number of benzene rings is 1. The molecule has 0 saturated heterocycles. The zero-order chi connectivity index (χ0) is 14.3. The molecule has 1 aromatic rings. The number of esters is 1. The molecule has 0 aliphatic heterocycles. The largest absolute Gasteiger partial charge is 0.469 e. The van der Waals surface area contributed by atoms with Crippen LogP contribution in [0.2, 0.25) is 0 Å². The Morgan fingerprint density at radius 2 is 2.00 bits per heavy atom. The van der Waals surface area contributed by atoms with Crippen molar-refractivity contribution in [3.05, 3.63) is 35.4 Å². The van der Waals surface area contributed by atoms with Gasteiger partial charge in [0.05, 0.1) is 13.5 Å². The summed E-state index contributed by atoms with van der Waals surface area (Å²) >= 11 is 1.73. The number of hydrogen-bond acceptors (Lipinski definition) is 4. The van der Waals surface area contributed by atoms with Crippen molar-refractivity contribution >= 4 is 17.7 Å². The first kappa shape index (κ1) is 16.1. The van der Waals surface area contributed by atoms with Gasteiger partial charge in [0.15, 0.2) is 0 Å². The van der Waals surface area contributed by atoms with Crippen molar-refractivity contribution < 1.29 is 9.53 Å². The van der Waals surface area contributed by atoms with Crippen LogP contribution in [0.4, 0.5) is 0 Å². The second-order valence-corrected chi connectivity index (χ2v) is 5.85. The molecule has 3 nitrogen and oxygen atoms in total. The predicted octanol–water partition coefficient (Wildman–Crippen LogP) is 3.07. The molecule has 0 aliphatic carbocycles. The molecule has 106 valence electrons. The lowest BCUT2D eigenvalue weighted by Gasteiger charge is -2.23. The molecule has 0 saturated carbocycles. The second-order valence-electron chi connectivity index (χ2n) is 4.60. The van der Waals surface area contributed by atoms with Crippen molar-refractivity contribution in [2.75, 3.05) is 12.9 Å². The number of hydrogen-bond donors (Lipinski definition) is 1. The van der Waals surface area contributed by atoms with Gasteiger partial charge in [0, 0.05) is 17.0 Å². The molecule has 0 spiro atoms. The summed E-state index contributed by atoms with van der Waals surface area (Å²) in [7, 11) is 1.42. The topological polar surface area (TPSA) is 52.3 Å². The van der Waals surface area contributed by atoms with Crippen LogP contribution in [0, 0.1) is 6.92 Å². The van der Waals surface area contributed by atoms with Crippen molar-refractivity contribution in [3.63, 3.8) is 0 Å². The van der Waals surface area contributed by atoms with E-state index in [1.165, 1.54) is 18.2 Å². The molecule has 2 N–H and O–H groups in total. The normalized spacial score (nSPS) is 13.9. The van der Waals surface area contributed by atoms with Gasteiger partial charge in [-0.15, -0.1) is 0 Å². The van der Waals surface area contributed by atoms with E-state index in [9.17, 15) is 4.79 Å². The Kier molecular flexibility index (Phi) is 6.95. The standard InChI is InChI=1S/C15H23NO2S/c1-4-13(16)15(19-10-9-14(17)18-3)12-7-5-11(2)6-8-12/h5-8,13,15H,4,9-10,16H2,1-3H3. The SMILES string of the molecule is CCC(N)C(SCCC(=O)OC)c1ccc(C)cc1. The quantitative estimate of drug-likeness (QED) is 0.780. The summed E-state index contributed by atoms with van der Waals surface area (Å²) in [6, 6.07) is 8.56. The molecule has 19 heavy (non-hydrogen) atoms. The van der Waals surface area contributed by atoms with Crippen LogP contribution in [0.25, 0.3) is 0 Å². The van der Waals surface area contributed by atoms with E-state index in [0.717, 1.165) is 12.2 Å². The summed E-state index contributed by atoms with van der Waals surface area (Å²) in [4.78, 5) is 11.1. The van der Waals surface area contributed by atoms with Crippen LogP contribution >= 0.6 is 11.8 Å². The number of nitrogens with two attached hydrogens (primary N) is 1. The van der Waals surface area contributed by atoms with Crippen molar-refractivity contribution in [1.82, 2.24) is 0 Å². The first-order chi connectivity index (χ1) is 9.08. The number of aryl methyl sites for hydroxylation is 1. The van der Waals surface area contributed by atoms with Crippen LogP contribution in [-0.2, 0) is 9.53 Å². The zero-order valence-corrected chi connectivity index (χ0v) is 12.7. The van der Waals surface area contributed by atoms with Gasteiger partial charge in [-0.05, 0) is 18.9 Å². The minimum absolute atomic E-state index is 0.102. The molecule has 0 radical (unpaired) electrons. The molecule has 1 aromatic carbocycles. The minimum Gasteiger partial charge on any atom is -0.469 e. The molecular formula is C15H23NO2S. The van der Waals surface area contributed by atoms with Crippen LogP contribution < -0.4 is 5.73 Å². The molecular weight excluding hydrogens is 258 g/mol. The number of carbonyl (C=O) groups is 1. The Bertz CT molecular complexity index is 392. The van der Waals surface area contributed by atoms with E-state index in [1.54, 1.807) is 11.8 Å². The Morgan fingerprint density at radius 3 is 2.53 bits per heavy atom. The first-order valence-corrected chi connectivity index (χ1v) is 7.64. The molecule has 1 rings (SSSR count). The zero-order valence-electron chi connectivity index (χ0n) is 11.9. The van der Waals surface area contributed by atoms with E-state index in [4.69, 9.17) is 5.73 Å². The average Bonchev–Trinajstić information content (AvgIpc) is 2.43. The lowest BCUT2D eigenvalue weighted by Crippen LogP contribution is -2.26. The van der Waals surface area contributed by atoms with Gasteiger partial charge >= 0.3 is 5.97 Å². The molecule has 4 heteroatoms. The number of carbonyl (C=O) groups excluding carboxylic acids is 1. The summed E-state index contributed by atoms with van der Waals surface area (Å²) in [6.45, 7) is 4.16. The van der Waals surface area contributed by atoms with Gasteiger partial charge in [-0.1, -0.05) is 36.8 Å². The summed E-state index contributed by atoms with van der Waals surface area (Å²) < 4.78 is 4.66. The number of methoxy groups -OCH3 is 1. The fourth-order valence-corrected chi connectivity index (χ4v) is 3.14. The third-order valence-corrected chi connectivity index (χ3v) is 4.52. The van der Waals surface area contributed by atoms with Gasteiger partial charge in [-0.25, -0.2) is 0 Å². The van der Waals surface area contributed by atoms with Crippen LogP contribution in [0.5, 0.6) is 0 Å². The highest BCUT2D eigenvalue weighted by Crippen LogP contribution is 2.33. The summed E-state index contributed by atoms with van der Waals surface area (Å²) in [6.07, 6.45) is 1.35. The van der Waals surface area contributed by atoms with E-state index >= 15 is 0 Å². The summed E-state index contributed by atoms with van der Waals surface area (Å²) in [5.74, 6) is 0.569. The third kappa shape index (κ3) is 5.25. The molecule has 0 aliphatic rings. The third-order valence-electron chi connectivity index (χ3n) is 3.10. The fraction of sp³-hybridized carbons (Fsp3) is 0.533. The molecule has 0 bridgehead atoms. The van der Waals surface area contributed by atoms with E-state index in [0.29, 0.717) is 6.42 Å². The number of ether oxygens (including phenoxy) is 1. The Labute approximate surface area is 119 Å². The predicted molar refractivity (Wildman–Crippen MR) is 81.3 cm³/mol. The molecule has 2 atom stereocenters. The maximum absolute atomic E-state index is 11.1. The molecule has 0 fully saturated rings. The van der Waals surface area contributed by atoms with Gasteiger partial charge in [0.1, 0.15) is 0 Å². The smallest absolute Gasteiger partial charge is 0.306 e. The lowest BCUT2D eigenvalue weighted by molar-refractivity contribution is -0.140. The Hall–Kier alpha value is -1.00. The van der Waals surface area contributed by atoms with Crippen LogP contribution in [0.1, 0.15) is 36.1 Å². The highest BCUT2D eigenvalue weighted by atomic mass is 32.2. The fourth-order valence-electron chi connectivity index (χ4n) is 1.81. The molecule has 0 amide bonds. The summed E-state index contributed by atoms with van der Waals surface area (Å²) in [5.41, 5.74) is 8.67. The van der Waals surface area contributed by atoms with Crippen molar-refractivity contribution in [2.24, 2.45) is 5.73 Å². The maximum atomic E-state index is 11.1. The molecule has 2 unspecified atom stereocenters. The van der Waals surface area contributed by atoms with Crippen molar-refractivity contribution in [3.8, 4) is 0 Å². The second kappa shape index (κ2) is 8.23. The Balaban J connectivity index is 2.67. The highest BCUT2D eigenvalue weighted by Gasteiger charge is 2.19. The number of rotatable bonds is 7. The first-order valence-electron chi connectivity index (χ1n) is 6.59. The average molecular weight is 281 g/mol. The van der Waals surface area contributed by atoms with Gasteiger partial charge in [-0.2, -0.15) is 11.8 Å². The van der Waals surface area contributed by atoms with Gasteiger partial charge in [0.2, 0.25) is 0 Å². The van der Waals surface area contributed by atoms with E-state index in [2.05, 4.69) is 42.8 Å². The number of thioether (sulfide) groups is 1.